The fourth-order valence-electron chi connectivity index (χ4n) is 1.78. The van der Waals surface area contributed by atoms with Gasteiger partial charge in [0.05, 0.1) is 11.9 Å². The molecule has 2 rings (SSSR count). The van der Waals surface area contributed by atoms with Gasteiger partial charge in [-0.15, -0.1) is 0 Å². The van der Waals surface area contributed by atoms with Crippen molar-refractivity contribution in [3.05, 3.63) is 47.5 Å². The lowest BCUT2D eigenvalue weighted by atomic mass is 9.95. The molecular weight excluding hydrogens is 218 g/mol. The van der Waals surface area contributed by atoms with E-state index in [-0.39, 0.29) is 17.2 Å². The fourth-order valence-corrected chi connectivity index (χ4v) is 1.78. The maximum absolute atomic E-state index is 11.1. The second-order valence-electron chi connectivity index (χ2n) is 3.84. The molecule has 1 heterocycles. The molecule has 5 nitrogen and oxygen atoms in total. The third kappa shape index (κ3) is 1.99. The van der Waals surface area contributed by atoms with Crippen LogP contribution in [0.1, 0.15) is 34.5 Å². The molecule has 2 aromatic rings. The van der Waals surface area contributed by atoms with Gasteiger partial charge in [0, 0.05) is 23.4 Å². The molecule has 0 radical (unpaired) electrons. The lowest BCUT2D eigenvalue weighted by Crippen LogP contribution is -2.12. The van der Waals surface area contributed by atoms with Crippen LogP contribution in [-0.4, -0.2) is 21.0 Å². The number of aromatic hydroxyl groups is 1. The van der Waals surface area contributed by atoms with Crippen molar-refractivity contribution in [3.8, 4) is 5.75 Å². The number of H-pyrrole nitrogens is 1. The number of nitrogens with one attached hydrogen (secondary N) is 1. The van der Waals surface area contributed by atoms with Gasteiger partial charge in [-0.05, 0) is 6.07 Å². The third-order valence-electron chi connectivity index (χ3n) is 2.79. The van der Waals surface area contributed by atoms with Crippen molar-refractivity contribution in [1.29, 1.82) is 0 Å². The standard InChI is InChI=1S/C12H13N3O2/c1-7(10-5-14-6-15-10)8-3-2-4-9(11(8)16)12(13)17/h2-7,16H,1H3,(H2,13,17)(H,14,15)/t7-/m0/s1. The number of para-hydroxylation sites is 1. The van der Waals surface area contributed by atoms with Crippen LogP contribution >= 0.6 is 0 Å². The molecule has 1 atom stereocenters. The smallest absolute Gasteiger partial charge is 0.252 e. The molecule has 1 aromatic carbocycles. The largest absolute Gasteiger partial charge is 0.507 e. The number of amides is 1. The highest BCUT2D eigenvalue weighted by molar-refractivity contribution is 5.96. The van der Waals surface area contributed by atoms with Crippen LogP contribution < -0.4 is 5.73 Å². The summed E-state index contributed by atoms with van der Waals surface area (Å²) in [6.45, 7) is 1.91. The second kappa shape index (κ2) is 4.29. The van der Waals surface area contributed by atoms with Crippen molar-refractivity contribution in [2.75, 3.05) is 0 Å². The van der Waals surface area contributed by atoms with Crippen molar-refractivity contribution in [2.45, 2.75) is 12.8 Å². The Morgan fingerprint density at radius 3 is 2.88 bits per heavy atom. The van der Waals surface area contributed by atoms with Crippen molar-refractivity contribution in [2.24, 2.45) is 5.73 Å². The van der Waals surface area contributed by atoms with Crippen molar-refractivity contribution in [1.82, 2.24) is 9.97 Å². The fraction of sp³-hybridized carbons (Fsp3) is 0.167. The Labute approximate surface area is 98.3 Å². The summed E-state index contributed by atoms with van der Waals surface area (Å²) >= 11 is 0. The molecule has 0 spiro atoms. The first-order chi connectivity index (χ1) is 8.11. The Bertz CT molecular complexity index is 535. The minimum absolute atomic E-state index is 0.0675. The zero-order valence-corrected chi connectivity index (χ0v) is 9.34. The summed E-state index contributed by atoms with van der Waals surface area (Å²) in [5.74, 6) is -0.792. The molecule has 1 amide bonds. The molecule has 0 bridgehead atoms. The molecule has 0 aliphatic carbocycles. The lowest BCUT2D eigenvalue weighted by molar-refractivity contribution is 0.0997. The third-order valence-corrected chi connectivity index (χ3v) is 2.79. The molecule has 0 aliphatic heterocycles. The van der Waals surface area contributed by atoms with E-state index in [1.165, 1.54) is 6.07 Å². The van der Waals surface area contributed by atoms with Gasteiger partial charge >= 0.3 is 0 Å². The Hall–Kier alpha value is -2.30. The summed E-state index contributed by atoms with van der Waals surface area (Å²) in [6.07, 6.45) is 3.25. The Morgan fingerprint density at radius 1 is 1.53 bits per heavy atom. The van der Waals surface area contributed by atoms with E-state index in [4.69, 9.17) is 5.73 Å². The molecule has 0 saturated carbocycles. The SMILES string of the molecule is C[C@H](c1cnc[nH]1)c1cccc(C(N)=O)c1O. The van der Waals surface area contributed by atoms with Gasteiger partial charge in [0.2, 0.25) is 0 Å². The van der Waals surface area contributed by atoms with E-state index >= 15 is 0 Å². The molecule has 17 heavy (non-hydrogen) atoms. The van der Waals surface area contributed by atoms with E-state index in [0.717, 1.165) is 5.69 Å². The van der Waals surface area contributed by atoms with Gasteiger partial charge < -0.3 is 15.8 Å². The Morgan fingerprint density at radius 2 is 2.29 bits per heavy atom. The minimum atomic E-state index is -0.638. The van der Waals surface area contributed by atoms with Crippen LogP contribution in [0.2, 0.25) is 0 Å². The molecule has 0 unspecified atom stereocenters. The number of primary amides is 1. The van der Waals surface area contributed by atoms with Crippen LogP contribution in [0, 0.1) is 0 Å². The zero-order chi connectivity index (χ0) is 12.4. The molecule has 1 aromatic heterocycles. The number of carbonyl (C=O) groups is 1. The average molecular weight is 231 g/mol. The summed E-state index contributed by atoms with van der Waals surface area (Å²) in [5.41, 5.74) is 6.82. The number of hydrogen-bond acceptors (Lipinski definition) is 3. The van der Waals surface area contributed by atoms with E-state index in [0.29, 0.717) is 5.56 Å². The summed E-state index contributed by atoms with van der Waals surface area (Å²) in [6, 6.07) is 4.95. The predicted octanol–water partition coefficient (Wildman–Crippen LogP) is 1.37. The van der Waals surface area contributed by atoms with E-state index in [2.05, 4.69) is 9.97 Å². The van der Waals surface area contributed by atoms with Crippen LogP contribution in [0.25, 0.3) is 0 Å². The van der Waals surface area contributed by atoms with E-state index < -0.39 is 5.91 Å². The van der Waals surface area contributed by atoms with Crippen molar-refractivity contribution in [3.63, 3.8) is 0 Å². The van der Waals surface area contributed by atoms with Crippen LogP contribution in [0.5, 0.6) is 5.75 Å². The number of aromatic nitrogens is 2. The monoisotopic (exact) mass is 231 g/mol. The number of phenols is 1. The number of benzene rings is 1. The van der Waals surface area contributed by atoms with Crippen molar-refractivity contribution >= 4 is 5.91 Å². The van der Waals surface area contributed by atoms with Gasteiger partial charge in [0.25, 0.3) is 5.91 Å². The molecule has 5 heteroatoms. The van der Waals surface area contributed by atoms with Crippen LogP contribution in [0.3, 0.4) is 0 Å². The highest BCUT2D eigenvalue weighted by Gasteiger charge is 2.17. The Kier molecular flexibility index (Phi) is 2.82. The molecular formula is C12H13N3O2. The maximum atomic E-state index is 11.1. The van der Waals surface area contributed by atoms with Gasteiger partial charge in [0.15, 0.2) is 0 Å². The zero-order valence-electron chi connectivity index (χ0n) is 9.34. The molecule has 0 saturated heterocycles. The number of rotatable bonds is 3. The summed E-state index contributed by atoms with van der Waals surface area (Å²) < 4.78 is 0. The van der Waals surface area contributed by atoms with E-state index in [1.807, 2.05) is 6.92 Å². The molecule has 0 aliphatic rings. The summed E-state index contributed by atoms with van der Waals surface area (Å²) in [5, 5.41) is 9.99. The highest BCUT2D eigenvalue weighted by Crippen LogP contribution is 2.32. The van der Waals surface area contributed by atoms with Gasteiger partial charge in [-0.3, -0.25) is 4.79 Å². The van der Waals surface area contributed by atoms with Gasteiger partial charge in [0.1, 0.15) is 5.75 Å². The first-order valence-corrected chi connectivity index (χ1v) is 5.21. The number of nitrogens with two attached hydrogens (primary N) is 1. The topological polar surface area (TPSA) is 92.0 Å². The van der Waals surface area contributed by atoms with E-state index in [1.54, 1.807) is 24.7 Å². The van der Waals surface area contributed by atoms with Gasteiger partial charge in [-0.2, -0.15) is 0 Å². The van der Waals surface area contributed by atoms with Crippen LogP contribution in [0.15, 0.2) is 30.7 Å². The van der Waals surface area contributed by atoms with Crippen LogP contribution in [0.4, 0.5) is 0 Å². The molecule has 0 fully saturated rings. The molecule has 88 valence electrons. The number of hydrogen-bond donors (Lipinski definition) is 3. The Balaban J connectivity index is 2.46. The average Bonchev–Trinajstić information content (AvgIpc) is 2.81. The minimum Gasteiger partial charge on any atom is -0.507 e. The first-order valence-electron chi connectivity index (χ1n) is 5.21. The predicted molar refractivity (Wildman–Crippen MR) is 62.7 cm³/mol. The first kappa shape index (κ1) is 11.2. The van der Waals surface area contributed by atoms with Crippen molar-refractivity contribution < 1.29 is 9.90 Å². The number of nitrogens with zero attached hydrogens (tertiary/aromatic N) is 1. The summed E-state index contributed by atoms with van der Waals surface area (Å²) in [4.78, 5) is 18.0. The highest BCUT2D eigenvalue weighted by atomic mass is 16.3. The number of imidazole rings is 1. The molecule has 4 N–H and O–H groups in total. The van der Waals surface area contributed by atoms with E-state index in [9.17, 15) is 9.90 Å². The quantitative estimate of drug-likeness (QED) is 0.744. The van der Waals surface area contributed by atoms with Gasteiger partial charge in [-0.25, -0.2) is 4.98 Å². The maximum Gasteiger partial charge on any atom is 0.252 e. The summed E-state index contributed by atoms with van der Waals surface area (Å²) in [7, 11) is 0. The second-order valence-corrected chi connectivity index (χ2v) is 3.84. The number of aromatic amines is 1. The van der Waals surface area contributed by atoms with Gasteiger partial charge in [-0.1, -0.05) is 19.1 Å². The normalized spacial score (nSPS) is 12.3. The van der Waals surface area contributed by atoms with Crippen LogP contribution in [-0.2, 0) is 0 Å². The number of carbonyl (C=O) groups excluding carboxylic acids is 1. The lowest BCUT2D eigenvalue weighted by Gasteiger charge is -2.13.